The summed E-state index contributed by atoms with van der Waals surface area (Å²) in [5.41, 5.74) is 0. The van der Waals surface area contributed by atoms with Gasteiger partial charge in [-0.2, -0.15) is 0 Å². The van der Waals surface area contributed by atoms with Gasteiger partial charge in [0.15, 0.2) is 0 Å². The summed E-state index contributed by atoms with van der Waals surface area (Å²) in [6, 6.07) is 0.677. The summed E-state index contributed by atoms with van der Waals surface area (Å²) >= 11 is 0. The zero-order valence-electron chi connectivity index (χ0n) is 10.4. The molecule has 1 rings (SSSR count). The lowest BCUT2D eigenvalue weighted by Gasteiger charge is -2.15. The molecule has 1 heterocycles. The second kappa shape index (κ2) is 8.58. The van der Waals surface area contributed by atoms with Crippen molar-refractivity contribution in [3.63, 3.8) is 0 Å². The van der Waals surface area contributed by atoms with Crippen molar-refractivity contribution in [1.82, 2.24) is 10.2 Å². The third-order valence-corrected chi connectivity index (χ3v) is 3.09. The van der Waals surface area contributed by atoms with Gasteiger partial charge in [0.05, 0.1) is 6.61 Å². The average molecular weight is 224 g/mol. The van der Waals surface area contributed by atoms with Crippen LogP contribution in [0.25, 0.3) is 0 Å². The Morgan fingerprint density at radius 3 is 3.00 bits per heavy atom. The quantitative estimate of drug-likeness (QED) is 0.493. The van der Waals surface area contributed by atoms with Gasteiger partial charge < -0.3 is 10.1 Å². The van der Waals surface area contributed by atoms with Crippen LogP contribution >= 0.6 is 0 Å². The Hall–Kier alpha value is -0.560. The zero-order valence-corrected chi connectivity index (χ0v) is 10.4. The number of ether oxygens (including phenoxy) is 1. The maximum atomic E-state index is 5.58. The van der Waals surface area contributed by atoms with Crippen LogP contribution in [-0.2, 0) is 4.74 Å². The minimum atomic E-state index is 0.677. The molecule has 1 N–H and O–H groups in total. The third-order valence-electron chi connectivity index (χ3n) is 3.09. The number of hydrogen-bond donors (Lipinski definition) is 1. The summed E-state index contributed by atoms with van der Waals surface area (Å²) in [7, 11) is 2.04. The van der Waals surface area contributed by atoms with Crippen molar-refractivity contribution in [2.24, 2.45) is 0 Å². The molecule has 0 aromatic rings. The number of nitrogens with one attached hydrogen (secondary N) is 1. The average Bonchev–Trinajstić information content (AvgIpc) is 2.76. The summed E-state index contributed by atoms with van der Waals surface area (Å²) in [6.45, 7) is 5.13. The van der Waals surface area contributed by atoms with Crippen molar-refractivity contribution in [1.29, 1.82) is 0 Å². The zero-order chi connectivity index (χ0) is 11.6. The van der Waals surface area contributed by atoms with E-state index in [-0.39, 0.29) is 0 Å². The lowest BCUT2D eigenvalue weighted by Crippen LogP contribution is -2.31. The Labute approximate surface area is 99.5 Å². The summed E-state index contributed by atoms with van der Waals surface area (Å²) in [5.74, 6) is 2.64. The molecule has 3 heteroatoms. The van der Waals surface area contributed by atoms with E-state index in [2.05, 4.69) is 16.1 Å². The molecule has 92 valence electrons. The summed E-state index contributed by atoms with van der Waals surface area (Å²) in [6.07, 6.45) is 9.48. The van der Waals surface area contributed by atoms with Crippen molar-refractivity contribution in [2.45, 2.75) is 31.7 Å². The van der Waals surface area contributed by atoms with Crippen molar-refractivity contribution in [3.05, 3.63) is 0 Å². The molecule has 0 aliphatic carbocycles. The van der Waals surface area contributed by atoms with Crippen LogP contribution in [0.15, 0.2) is 0 Å². The van der Waals surface area contributed by atoms with Gasteiger partial charge in [0.2, 0.25) is 0 Å². The largest absolute Gasteiger partial charge is 0.380 e. The number of likely N-dealkylation sites (N-methyl/N-ethyl adjacent to an activating group) is 1. The van der Waals surface area contributed by atoms with Gasteiger partial charge in [0.25, 0.3) is 0 Å². The van der Waals surface area contributed by atoms with Crippen LogP contribution in [-0.4, -0.2) is 50.8 Å². The highest BCUT2D eigenvalue weighted by atomic mass is 16.5. The molecular formula is C13H24N2O. The molecule has 1 unspecified atom stereocenters. The van der Waals surface area contributed by atoms with Crippen LogP contribution < -0.4 is 5.32 Å². The molecule has 0 amide bonds. The van der Waals surface area contributed by atoms with Crippen molar-refractivity contribution < 1.29 is 4.74 Å². The molecule has 0 saturated carbocycles. The third kappa shape index (κ3) is 5.50. The fourth-order valence-corrected chi connectivity index (χ4v) is 2.00. The SMILES string of the molecule is C#CCCCCOCCN1CCC(NC)C1. The van der Waals surface area contributed by atoms with E-state index in [1.54, 1.807) is 0 Å². The van der Waals surface area contributed by atoms with Crippen LogP contribution in [0, 0.1) is 12.3 Å². The van der Waals surface area contributed by atoms with Gasteiger partial charge in [0, 0.05) is 32.2 Å². The highest BCUT2D eigenvalue weighted by molar-refractivity contribution is 4.82. The van der Waals surface area contributed by atoms with Gasteiger partial charge in [-0.05, 0) is 32.9 Å². The van der Waals surface area contributed by atoms with Gasteiger partial charge in [-0.15, -0.1) is 12.3 Å². The molecule has 0 radical (unpaired) electrons. The summed E-state index contributed by atoms with van der Waals surface area (Å²) < 4.78 is 5.58. The summed E-state index contributed by atoms with van der Waals surface area (Å²) in [5, 5.41) is 3.32. The number of rotatable bonds is 8. The van der Waals surface area contributed by atoms with E-state index in [0.29, 0.717) is 6.04 Å². The van der Waals surface area contributed by atoms with Crippen molar-refractivity contribution in [3.8, 4) is 12.3 Å². The van der Waals surface area contributed by atoms with Crippen LogP contribution in [0.3, 0.4) is 0 Å². The van der Waals surface area contributed by atoms with E-state index in [1.165, 1.54) is 13.0 Å². The standard InChI is InChI=1S/C13H24N2O/c1-3-4-5-6-10-16-11-9-15-8-7-13(12-15)14-2/h1,13-14H,4-12H2,2H3. The first-order valence-corrected chi connectivity index (χ1v) is 6.27. The van der Waals surface area contributed by atoms with Crippen molar-refractivity contribution >= 4 is 0 Å². The molecule has 3 nitrogen and oxygen atoms in total. The first-order chi connectivity index (χ1) is 7.86. The number of nitrogens with zero attached hydrogens (tertiary/aromatic N) is 1. The van der Waals surface area contributed by atoms with E-state index in [1.807, 2.05) is 7.05 Å². The van der Waals surface area contributed by atoms with Crippen LogP contribution in [0.2, 0.25) is 0 Å². The minimum absolute atomic E-state index is 0.677. The van der Waals surface area contributed by atoms with Crippen LogP contribution in [0.1, 0.15) is 25.7 Å². The number of terminal acetylenes is 1. The van der Waals surface area contributed by atoms with Crippen molar-refractivity contribution in [2.75, 3.05) is 39.9 Å². The van der Waals surface area contributed by atoms with E-state index >= 15 is 0 Å². The van der Waals surface area contributed by atoms with Crippen LogP contribution in [0.5, 0.6) is 0 Å². The molecule has 16 heavy (non-hydrogen) atoms. The lowest BCUT2D eigenvalue weighted by atomic mass is 10.2. The predicted molar refractivity (Wildman–Crippen MR) is 67.4 cm³/mol. The van der Waals surface area contributed by atoms with E-state index < -0.39 is 0 Å². The normalized spacial score (nSPS) is 21.1. The highest BCUT2D eigenvalue weighted by Crippen LogP contribution is 2.07. The summed E-state index contributed by atoms with van der Waals surface area (Å²) in [4.78, 5) is 2.46. The first kappa shape index (κ1) is 13.5. The highest BCUT2D eigenvalue weighted by Gasteiger charge is 2.19. The van der Waals surface area contributed by atoms with Crippen LogP contribution in [0.4, 0.5) is 0 Å². The second-order valence-electron chi connectivity index (χ2n) is 4.35. The van der Waals surface area contributed by atoms with Gasteiger partial charge in [-0.1, -0.05) is 0 Å². The Bertz CT molecular complexity index is 212. The topological polar surface area (TPSA) is 24.5 Å². The van der Waals surface area contributed by atoms with E-state index in [0.717, 1.165) is 45.6 Å². The molecule has 1 fully saturated rings. The predicted octanol–water partition coefficient (Wildman–Crippen LogP) is 1.10. The maximum absolute atomic E-state index is 5.58. The number of likely N-dealkylation sites (tertiary alicyclic amines) is 1. The van der Waals surface area contributed by atoms with Gasteiger partial charge in [-0.25, -0.2) is 0 Å². The fraction of sp³-hybridized carbons (Fsp3) is 0.846. The molecule has 0 aromatic carbocycles. The maximum Gasteiger partial charge on any atom is 0.0593 e. The Kier molecular flexibility index (Phi) is 7.24. The monoisotopic (exact) mass is 224 g/mol. The molecule has 1 atom stereocenters. The molecule has 1 aliphatic heterocycles. The van der Waals surface area contributed by atoms with Gasteiger partial charge in [-0.3, -0.25) is 4.90 Å². The number of hydrogen-bond acceptors (Lipinski definition) is 3. The Morgan fingerprint density at radius 1 is 1.44 bits per heavy atom. The fourth-order valence-electron chi connectivity index (χ4n) is 2.00. The minimum Gasteiger partial charge on any atom is -0.380 e. The Morgan fingerprint density at radius 2 is 2.31 bits per heavy atom. The smallest absolute Gasteiger partial charge is 0.0593 e. The molecule has 1 aliphatic rings. The molecule has 0 spiro atoms. The Balaban J connectivity index is 1.87. The second-order valence-corrected chi connectivity index (χ2v) is 4.35. The molecular weight excluding hydrogens is 200 g/mol. The first-order valence-electron chi connectivity index (χ1n) is 6.27. The van der Waals surface area contributed by atoms with Gasteiger partial charge in [0.1, 0.15) is 0 Å². The number of unbranched alkanes of at least 4 members (excludes halogenated alkanes) is 2. The van der Waals surface area contributed by atoms with E-state index in [4.69, 9.17) is 11.2 Å². The van der Waals surface area contributed by atoms with Gasteiger partial charge >= 0.3 is 0 Å². The van der Waals surface area contributed by atoms with E-state index in [9.17, 15) is 0 Å². The molecule has 0 bridgehead atoms. The molecule has 1 saturated heterocycles. The lowest BCUT2D eigenvalue weighted by molar-refractivity contribution is 0.108. The molecule has 0 aromatic heterocycles.